The van der Waals surface area contributed by atoms with Crippen LogP contribution in [0.2, 0.25) is 0 Å². The number of hydrogen-bond acceptors (Lipinski definition) is 3. The Labute approximate surface area is 199 Å². The van der Waals surface area contributed by atoms with Crippen molar-refractivity contribution in [1.82, 2.24) is 4.90 Å². The fourth-order valence-corrected chi connectivity index (χ4v) is 5.58. The molecule has 0 spiro atoms. The van der Waals surface area contributed by atoms with Crippen molar-refractivity contribution in [1.29, 1.82) is 0 Å². The molecule has 1 saturated heterocycles. The maximum absolute atomic E-state index is 13.5. The van der Waals surface area contributed by atoms with Gasteiger partial charge >= 0.3 is 0 Å². The number of rotatable bonds is 8. The molecule has 2 aliphatic rings. The average Bonchev–Trinajstić information content (AvgIpc) is 2.84. The number of nitrogens with one attached hydrogen (secondary N) is 1. The number of nitrogens with zero attached hydrogens (tertiary/aromatic N) is 1. The molecule has 33 heavy (non-hydrogen) atoms. The highest BCUT2D eigenvalue weighted by atomic mass is 16.5. The third kappa shape index (κ3) is 5.97. The number of aryl methyl sites for hydroxylation is 1. The van der Waals surface area contributed by atoms with E-state index in [2.05, 4.69) is 48.3 Å². The number of carbonyl (C=O) groups is 1. The van der Waals surface area contributed by atoms with E-state index in [1.165, 1.54) is 37.8 Å². The number of carbonyl (C=O) groups excluding carboxylic acids is 1. The number of ether oxygens (including phenoxy) is 1. The van der Waals surface area contributed by atoms with Gasteiger partial charge in [0.05, 0.1) is 12.0 Å². The van der Waals surface area contributed by atoms with Gasteiger partial charge in [0.2, 0.25) is 5.91 Å². The van der Waals surface area contributed by atoms with Crippen molar-refractivity contribution in [2.75, 3.05) is 25.0 Å². The van der Waals surface area contributed by atoms with Gasteiger partial charge in [-0.25, -0.2) is 0 Å². The molecule has 0 unspecified atom stereocenters. The van der Waals surface area contributed by atoms with E-state index in [0.717, 1.165) is 62.3 Å². The lowest BCUT2D eigenvalue weighted by Crippen LogP contribution is -2.42. The minimum Gasteiger partial charge on any atom is -0.494 e. The molecule has 1 atom stereocenters. The van der Waals surface area contributed by atoms with Crippen molar-refractivity contribution in [3.63, 3.8) is 0 Å². The Kier molecular flexibility index (Phi) is 8.08. The van der Waals surface area contributed by atoms with Gasteiger partial charge in [-0.05, 0) is 82.3 Å². The molecular formula is C29H40N2O2. The largest absolute Gasteiger partial charge is 0.494 e. The van der Waals surface area contributed by atoms with Crippen LogP contribution in [0.1, 0.15) is 75.8 Å². The zero-order valence-electron chi connectivity index (χ0n) is 20.4. The SMILES string of the molecule is Cc1cccc(C2(C(=O)Nc3ccc(OCCCN4CCCC[C@H]4C)cc3)CCCCC2)c1. The maximum Gasteiger partial charge on any atom is 0.235 e. The van der Waals surface area contributed by atoms with Crippen LogP contribution >= 0.6 is 0 Å². The van der Waals surface area contributed by atoms with Crippen molar-refractivity contribution in [2.24, 2.45) is 0 Å². The first-order valence-corrected chi connectivity index (χ1v) is 12.9. The predicted octanol–water partition coefficient (Wildman–Crippen LogP) is 6.48. The summed E-state index contributed by atoms with van der Waals surface area (Å²) in [5.74, 6) is 0.989. The van der Waals surface area contributed by atoms with E-state index in [-0.39, 0.29) is 5.91 Å². The van der Waals surface area contributed by atoms with Crippen LogP contribution < -0.4 is 10.1 Å². The zero-order chi connectivity index (χ0) is 23.1. The van der Waals surface area contributed by atoms with E-state index >= 15 is 0 Å². The Hall–Kier alpha value is -2.33. The first kappa shape index (κ1) is 23.8. The molecule has 1 saturated carbocycles. The predicted molar refractivity (Wildman–Crippen MR) is 136 cm³/mol. The summed E-state index contributed by atoms with van der Waals surface area (Å²) in [7, 11) is 0. The average molecular weight is 449 g/mol. The highest BCUT2D eigenvalue weighted by molar-refractivity contribution is 5.99. The molecular weight excluding hydrogens is 408 g/mol. The summed E-state index contributed by atoms with van der Waals surface area (Å²) in [6.07, 6.45) is 10.3. The molecule has 0 radical (unpaired) electrons. The van der Waals surface area contributed by atoms with Crippen LogP contribution in [0.3, 0.4) is 0 Å². The molecule has 0 bridgehead atoms. The Balaban J connectivity index is 1.32. The van der Waals surface area contributed by atoms with Crippen LogP contribution in [-0.2, 0) is 10.2 Å². The lowest BCUT2D eigenvalue weighted by Gasteiger charge is -2.36. The molecule has 2 aromatic carbocycles. The molecule has 4 nitrogen and oxygen atoms in total. The molecule has 1 aliphatic heterocycles. The van der Waals surface area contributed by atoms with E-state index in [1.54, 1.807) is 0 Å². The van der Waals surface area contributed by atoms with E-state index in [4.69, 9.17) is 4.74 Å². The summed E-state index contributed by atoms with van der Waals surface area (Å²) in [5, 5.41) is 3.21. The second-order valence-corrected chi connectivity index (χ2v) is 10.1. The van der Waals surface area contributed by atoms with Gasteiger partial charge in [-0.2, -0.15) is 0 Å². The third-order valence-corrected chi connectivity index (χ3v) is 7.62. The minimum atomic E-state index is -0.426. The number of piperidine rings is 1. The minimum absolute atomic E-state index is 0.122. The molecule has 1 amide bonds. The lowest BCUT2D eigenvalue weighted by atomic mass is 9.68. The molecule has 1 heterocycles. The Morgan fingerprint density at radius 1 is 1.06 bits per heavy atom. The summed E-state index contributed by atoms with van der Waals surface area (Å²) in [6.45, 7) is 7.49. The topological polar surface area (TPSA) is 41.6 Å². The van der Waals surface area contributed by atoms with Crippen LogP contribution in [0.25, 0.3) is 0 Å². The van der Waals surface area contributed by atoms with Gasteiger partial charge in [0, 0.05) is 18.3 Å². The van der Waals surface area contributed by atoms with Crippen molar-refractivity contribution in [3.05, 3.63) is 59.7 Å². The Bertz CT molecular complexity index is 902. The third-order valence-electron chi connectivity index (χ3n) is 7.62. The summed E-state index contributed by atoms with van der Waals surface area (Å²) in [5.41, 5.74) is 2.78. The molecule has 4 rings (SSSR count). The van der Waals surface area contributed by atoms with Crippen molar-refractivity contribution in [2.45, 2.75) is 83.1 Å². The highest BCUT2D eigenvalue weighted by Crippen LogP contribution is 2.40. The van der Waals surface area contributed by atoms with Crippen molar-refractivity contribution < 1.29 is 9.53 Å². The summed E-state index contributed by atoms with van der Waals surface area (Å²) < 4.78 is 5.97. The van der Waals surface area contributed by atoms with E-state index in [1.807, 2.05) is 24.3 Å². The highest BCUT2D eigenvalue weighted by Gasteiger charge is 2.41. The van der Waals surface area contributed by atoms with Gasteiger partial charge in [0.25, 0.3) is 0 Å². The quantitative estimate of drug-likeness (QED) is 0.470. The lowest BCUT2D eigenvalue weighted by molar-refractivity contribution is -0.122. The van der Waals surface area contributed by atoms with Gasteiger partial charge in [-0.1, -0.05) is 55.5 Å². The second kappa shape index (κ2) is 11.2. The van der Waals surface area contributed by atoms with Crippen LogP contribution in [0.5, 0.6) is 5.75 Å². The molecule has 4 heteroatoms. The second-order valence-electron chi connectivity index (χ2n) is 10.1. The number of hydrogen-bond donors (Lipinski definition) is 1. The van der Waals surface area contributed by atoms with Gasteiger partial charge in [0.1, 0.15) is 5.75 Å². The molecule has 1 N–H and O–H groups in total. The summed E-state index contributed by atoms with van der Waals surface area (Å²) >= 11 is 0. The van der Waals surface area contributed by atoms with Crippen LogP contribution in [0.15, 0.2) is 48.5 Å². The van der Waals surface area contributed by atoms with Gasteiger partial charge in [-0.3, -0.25) is 4.79 Å². The van der Waals surface area contributed by atoms with E-state index in [0.29, 0.717) is 6.04 Å². The fourth-order valence-electron chi connectivity index (χ4n) is 5.58. The van der Waals surface area contributed by atoms with Crippen LogP contribution in [0, 0.1) is 6.92 Å². The van der Waals surface area contributed by atoms with Crippen LogP contribution in [-0.4, -0.2) is 36.5 Å². The maximum atomic E-state index is 13.5. The fraction of sp³-hybridized carbons (Fsp3) is 0.552. The molecule has 0 aromatic heterocycles. The van der Waals surface area contributed by atoms with Gasteiger partial charge < -0.3 is 15.0 Å². The van der Waals surface area contributed by atoms with E-state index < -0.39 is 5.41 Å². The standard InChI is InChI=1S/C29H40N2O2/c1-23-10-8-12-25(22-23)29(17-5-3-6-18-29)28(32)30-26-13-15-27(16-14-26)33-21-9-20-31-19-7-4-11-24(31)2/h8,10,12-16,22,24H,3-7,9,11,17-21H2,1-2H3,(H,30,32)/t24-/m1/s1. The monoisotopic (exact) mass is 448 g/mol. The molecule has 2 fully saturated rings. The summed E-state index contributed by atoms with van der Waals surface area (Å²) in [4.78, 5) is 16.1. The van der Waals surface area contributed by atoms with Gasteiger partial charge in [-0.15, -0.1) is 0 Å². The normalized spacial score (nSPS) is 20.8. The molecule has 2 aromatic rings. The summed E-state index contributed by atoms with van der Waals surface area (Å²) in [6, 6.07) is 17.1. The van der Waals surface area contributed by atoms with Crippen molar-refractivity contribution >= 4 is 11.6 Å². The number of likely N-dealkylation sites (tertiary alicyclic amines) is 1. The smallest absolute Gasteiger partial charge is 0.235 e. The number of benzene rings is 2. The van der Waals surface area contributed by atoms with Crippen molar-refractivity contribution in [3.8, 4) is 5.75 Å². The molecule has 1 aliphatic carbocycles. The Morgan fingerprint density at radius 3 is 2.58 bits per heavy atom. The van der Waals surface area contributed by atoms with Gasteiger partial charge in [0.15, 0.2) is 0 Å². The first-order chi connectivity index (χ1) is 16.1. The zero-order valence-corrected chi connectivity index (χ0v) is 20.4. The number of amides is 1. The first-order valence-electron chi connectivity index (χ1n) is 12.9. The Morgan fingerprint density at radius 2 is 1.85 bits per heavy atom. The number of anilines is 1. The van der Waals surface area contributed by atoms with Crippen LogP contribution in [0.4, 0.5) is 5.69 Å². The van der Waals surface area contributed by atoms with E-state index in [9.17, 15) is 4.79 Å². The molecule has 178 valence electrons.